The molecule has 738 valence electrons. The van der Waals surface area contributed by atoms with E-state index in [0.717, 1.165) is 52.0 Å². The molecule has 4 aromatic carbocycles. The normalized spacial score (nSPS) is 25.2. The highest BCUT2D eigenvalue weighted by atomic mass is 35.5. The van der Waals surface area contributed by atoms with Crippen LogP contribution in [0.3, 0.4) is 0 Å². The molecule has 37 nitrogen and oxygen atoms in total. The van der Waals surface area contributed by atoms with Crippen LogP contribution in [0.15, 0.2) is 121 Å². The Morgan fingerprint density at radius 1 is 0.778 bits per heavy atom. The summed E-state index contributed by atoms with van der Waals surface area (Å²) in [7, 11) is 10.2. The third kappa shape index (κ3) is 31.3. The van der Waals surface area contributed by atoms with Gasteiger partial charge >= 0.3 is 18.1 Å². The van der Waals surface area contributed by atoms with Gasteiger partial charge < -0.3 is 118 Å². The Hall–Kier alpha value is -10.3. The molecule has 0 radical (unpaired) electrons. The molecule has 0 aliphatic carbocycles. The first-order valence-electron chi connectivity index (χ1n) is 45.1. The summed E-state index contributed by atoms with van der Waals surface area (Å²) in [6.07, 6.45) is 1.50. The summed E-state index contributed by atoms with van der Waals surface area (Å²) in [5.41, 5.74) is 6.70. The number of urea groups is 1. The minimum absolute atomic E-state index is 0.0203. The molecule has 4 aliphatic rings. The number of ether oxygens (including phenoxy) is 5. The average Bonchev–Trinajstić information content (AvgIpc) is 1.57. The number of methoxy groups -OCH3 is 2. The predicted octanol–water partition coefficient (Wildman–Crippen LogP) is 5.24. The number of fused-ring (bicyclic) bond motifs is 6. The number of para-hydroxylation sites is 1. The molecular weight excluding hydrogens is 1840 g/mol. The summed E-state index contributed by atoms with van der Waals surface area (Å²) in [5, 5.41) is 75.1. The number of phenolic OH excluding ortho intramolecular Hbond substituents is 1. The molecule has 0 saturated carbocycles. The number of allylic oxidation sites excluding steroid dienone is 3. The molecule has 13 amide bonds. The third-order valence-electron chi connectivity index (χ3n) is 24.0. The van der Waals surface area contributed by atoms with Gasteiger partial charge in [0.25, 0.3) is 0 Å². The fourth-order valence-corrected chi connectivity index (χ4v) is 20.4. The van der Waals surface area contributed by atoms with Gasteiger partial charge in [0.15, 0.2) is 5.72 Å². The van der Waals surface area contributed by atoms with E-state index in [4.69, 9.17) is 41.0 Å². The monoisotopic (exact) mass is 1970 g/mol. The van der Waals surface area contributed by atoms with Gasteiger partial charge in [-0.25, -0.2) is 14.4 Å². The minimum atomic E-state index is -1.94. The number of alkyl carbamates (subject to hydrolysis) is 1. The Kier molecular flexibility index (Phi) is 41.9. The highest BCUT2D eigenvalue weighted by Gasteiger charge is 2.65. The van der Waals surface area contributed by atoms with Crippen molar-refractivity contribution < 1.29 is 106 Å². The number of anilines is 1. The number of amides is 13. The maximum absolute atomic E-state index is 15.5. The zero-order chi connectivity index (χ0) is 98.4. The van der Waals surface area contributed by atoms with E-state index in [1.807, 2.05) is 19.9 Å². The topological polar surface area (TPSA) is 533 Å². The van der Waals surface area contributed by atoms with Gasteiger partial charge in [0.2, 0.25) is 59.1 Å². The van der Waals surface area contributed by atoms with E-state index in [1.165, 1.54) is 105 Å². The van der Waals surface area contributed by atoms with E-state index in [2.05, 4.69) is 63.5 Å². The number of hydrogen-bond acceptors (Lipinski definition) is 27. The zero-order valence-corrected chi connectivity index (χ0v) is 81.7. The van der Waals surface area contributed by atoms with E-state index >= 15 is 19.2 Å². The molecule has 3 saturated heterocycles. The molecule has 3 fully saturated rings. The van der Waals surface area contributed by atoms with Crippen molar-refractivity contribution in [2.45, 2.75) is 241 Å². The lowest BCUT2D eigenvalue weighted by molar-refractivity contribution is -0.162. The Morgan fingerprint density at radius 3 is 2.16 bits per heavy atom. The summed E-state index contributed by atoms with van der Waals surface area (Å²) in [5.74, 6) is -10.0. The second kappa shape index (κ2) is 52.3. The van der Waals surface area contributed by atoms with Crippen LogP contribution >= 0.6 is 54.8 Å². The molecule has 18 atom stereocenters. The lowest BCUT2D eigenvalue weighted by Gasteiger charge is -2.42. The van der Waals surface area contributed by atoms with Crippen molar-refractivity contribution >= 4 is 149 Å². The Morgan fingerprint density at radius 2 is 1.46 bits per heavy atom. The maximum atomic E-state index is 15.5. The van der Waals surface area contributed by atoms with E-state index in [0.29, 0.717) is 58.3 Å². The van der Waals surface area contributed by atoms with Crippen LogP contribution in [0.25, 0.3) is 10.9 Å². The first-order chi connectivity index (χ1) is 64.4. The number of hydrogen-bond donors (Lipinski definition) is 17. The van der Waals surface area contributed by atoms with Crippen molar-refractivity contribution in [3.8, 4) is 11.5 Å². The highest BCUT2D eigenvalue weighted by Crippen LogP contribution is 2.50. The zero-order valence-electron chi connectivity index (χ0n) is 77.7. The highest BCUT2D eigenvalue weighted by molar-refractivity contribution is 8.77. The number of epoxide rings is 1. The first-order valence-corrected chi connectivity index (χ1v) is 50.5. The number of H-pyrrole nitrogens is 1. The number of nitrogens with one attached hydrogen (secondary N) is 12. The number of aliphatic hydroxyl groups excluding tert-OH is 2. The van der Waals surface area contributed by atoms with E-state index in [1.54, 1.807) is 98.9 Å². The largest absolute Gasteiger partial charge is 0.508 e. The lowest BCUT2D eigenvalue weighted by Crippen LogP contribution is -2.63. The van der Waals surface area contributed by atoms with Crippen LogP contribution in [0.1, 0.15) is 135 Å². The predicted molar refractivity (Wildman–Crippen MR) is 517 cm³/mol. The van der Waals surface area contributed by atoms with Crippen LogP contribution in [-0.2, 0) is 97.4 Å². The second-order valence-corrected chi connectivity index (χ2v) is 40.0. The van der Waals surface area contributed by atoms with Crippen LogP contribution in [0, 0.1) is 5.92 Å². The van der Waals surface area contributed by atoms with Gasteiger partial charge in [0.1, 0.15) is 94.8 Å². The molecule has 5 aromatic rings. The van der Waals surface area contributed by atoms with Gasteiger partial charge in [-0.2, -0.15) is 0 Å². The minimum Gasteiger partial charge on any atom is -0.508 e. The van der Waals surface area contributed by atoms with E-state index in [-0.39, 0.29) is 98.4 Å². The number of esters is 1. The smallest absolute Gasteiger partial charge is 0.409 e. The van der Waals surface area contributed by atoms with Gasteiger partial charge in [-0.15, -0.1) is 0 Å². The molecule has 5 heterocycles. The first kappa shape index (κ1) is 108. The van der Waals surface area contributed by atoms with Crippen LogP contribution in [0.4, 0.5) is 15.3 Å². The number of aromatic nitrogens is 1. The number of aliphatic hydroxyl groups is 3. The lowest BCUT2D eigenvalue weighted by atomic mass is 9.83. The van der Waals surface area contributed by atoms with Crippen LogP contribution in [0.2, 0.25) is 5.02 Å². The standard InChI is InChI=1S/C93H128ClN15O22S4/c1-12-13-14-22-37-96-87(121)78(55(5)110)105-86(120)69-51-135-134-50-68(85(119)100-65(43-58-31-33-61(112)34-32-58)82(116)101-67(46-60-49-98-63-28-19-18-27-62(60)63)84(118)99-64(29-20-21-36-95)81(115)106-79(56(6)111)88(122)103-69)102-83(117)66(42-57-25-16-15-17-26-57)104-90(124)97-38-40-133-132-39-35-75(113)108(8)54(4)89(123)130-74-47-76(114)109(9)70-44-59(45-71(127-10)77(70)94)41-52(2)24-23-30-73(128-11)93(126)48-72(129-91(125)107-93)53(3)80-92(74,7)131-80/h15-19,23-28,30-34,44-45,49,53-56,64-69,72-74,78-80,98,110-112,126H,12-14,20-22,29,35-43,46-48,50-51,95H2,1-11H3,(H,96,121)(H,99,118)(H,100,119)(H,101,116)(H,102,117)(H,103,122)(H,105,120)(H,106,115)(H,107,125)(H2,97,104,124)/b30-23+,52-24+/t53-,54+,55-,56-,64+,65+,66-,67-,68+,69+,72+,73-,74+,78+,79+,80?,92+,93+/m1/s1. The number of unbranched alkanes of at least 4 members (excludes halogenated alkanes) is 4. The fourth-order valence-electron chi connectivity index (χ4n) is 15.8. The molecule has 4 bridgehead atoms. The number of nitrogens with two attached hydrogens (primary N) is 1. The van der Waals surface area contributed by atoms with Crippen LogP contribution < -0.4 is 73.9 Å². The van der Waals surface area contributed by atoms with Crippen molar-refractivity contribution in [3.05, 3.63) is 148 Å². The summed E-state index contributed by atoms with van der Waals surface area (Å²) in [4.78, 5) is 195. The summed E-state index contributed by atoms with van der Waals surface area (Å²) in [6, 6.07) is 10.4. The van der Waals surface area contributed by atoms with Crippen molar-refractivity contribution in [2.75, 3.05) is 75.9 Å². The Labute approximate surface area is 806 Å². The molecule has 135 heavy (non-hydrogen) atoms. The summed E-state index contributed by atoms with van der Waals surface area (Å²) < 4.78 is 29.8. The van der Waals surface area contributed by atoms with Crippen LogP contribution in [0.5, 0.6) is 11.5 Å². The number of likely N-dealkylation sites (N-methyl/N-ethyl adjacent to an activating group) is 1. The average molecular weight is 1970 g/mol. The number of rotatable bonds is 35. The summed E-state index contributed by atoms with van der Waals surface area (Å²) in [6.45, 7) is 11.7. The molecule has 18 N–H and O–H groups in total. The number of phenols is 1. The molecule has 1 aromatic heterocycles. The molecule has 42 heteroatoms. The molecule has 9 rings (SSSR count). The van der Waals surface area contributed by atoms with Gasteiger partial charge in [0, 0.05) is 112 Å². The number of carbonyl (C=O) groups is 13. The summed E-state index contributed by atoms with van der Waals surface area (Å²) >= 11 is 6.90. The van der Waals surface area contributed by atoms with Gasteiger partial charge in [-0.3, -0.25) is 53.3 Å². The molecule has 4 aliphatic heterocycles. The van der Waals surface area contributed by atoms with E-state index in [9.17, 15) is 63.6 Å². The number of aromatic hydroxyl groups is 1. The Balaban J connectivity index is 0.909. The Bertz CT molecular complexity index is 4990. The van der Waals surface area contributed by atoms with E-state index < -0.39 is 192 Å². The van der Waals surface area contributed by atoms with Gasteiger partial charge in [-0.05, 0) is 126 Å². The molecule has 0 spiro atoms. The van der Waals surface area contributed by atoms with Gasteiger partial charge in [-0.1, -0.05) is 172 Å². The number of halogens is 1. The van der Waals surface area contributed by atoms with Crippen LogP contribution in [-0.4, -0.2) is 281 Å². The fraction of sp³-hybridized carbons (Fsp3) is 0.538. The van der Waals surface area contributed by atoms with Crippen molar-refractivity contribution in [1.82, 2.24) is 68.4 Å². The van der Waals surface area contributed by atoms with Gasteiger partial charge in [0.05, 0.1) is 37.5 Å². The number of nitrogens with zero attached hydrogens (tertiary/aromatic N) is 2. The number of aromatic amines is 1. The van der Waals surface area contributed by atoms with Crippen molar-refractivity contribution in [2.24, 2.45) is 11.7 Å². The molecule has 1 unspecified atom stereocenters. The SMILES string of the molecule is CCCCCCNC(=O)[C@@H](NC(=O)[C@@H]1CSSC[C@H](NC(=O)[C@@H](Cc2ccccc2)NC(=O)NCCSSCCC(=O)N(C)[C@@H](C)C(=O)O[C@H]2CC(=O)N(C)c3cc(cc(OC)c3Cl)C/C(C)=C/C=C/[C@@H](OC)[C@@]3(O)C[C@H](OC(=O)N3)[C@@H](C)C3O[C@]32C)C(=O)N[C@@H](Cc2ccc(O)cc2)C(=O)N[C@H](Cc2c[nH]c3ccccc23)C(=O)N[C@@H](CCCCN)C(=O)N[C@@H]([C@@H](C)O)C(=O)N1)[C@@H](C)O. The maximum Gasteiger partial charge on any atom is 0.409 e. The molecular formula is C93H128ClN15O22S4. The second-order valence-electron chi connectivity index (χ2n) is 34.3. The third-order valence-corrected chi connectivity index (χ3v) is 29.2. The van der Waals surface area contributed by atoms with Crippen molar-refractivity contribution in [1.29, 1.82) is 0 Å². The van der Waals surface area contributed by atoms with Crippen molar-refractivity contribution in [3.63, 3.8) is 0 Å². The number of carbonyl (C=O) groups excluding carboxylic acids is 13. The number of benzene rings is 4. The quantitative estimate of drug-likeness (QED) is 0.0107.